The van der Waals surface area contributed by atoms with Crippen LogP contribution in [0.5, 0.6) is 0 Å². The molecule has 0 fully saturated rings. The smallest absolute Gasteiger partial charge is 0.0616 e. The minimum Gasteiger partial charge on any atom is -0.110 e. The highest BCUT2D eigenvalue weighted by Crippen LogP contribution is 2.51. The number of hydrogen-bond donors (Lipinski definition) is 0. The quantitative estimate of drug-likeness (QED) is 0.423. The van der Waals surface area contributed by atoms with Gasteiger partial charge in [-0.05, 0) is 47.4 Å². The summed E-state index contributed by atoms with van der Waals surface area (Å²) < 4.78 is 0.994. The van der Waals surface area contributed by atoms with Crippen LogP contribution < -0.4 is 0 Å². The Morgan fingerprint density at radius 1 is 0.731 bits per heavy atom. The molecular weight excluding hydrogens is 400 g/mol. The van der Waals surface area contributed by atoms with Crippen LogP contribution in [0.2, 0.25) is 0 Å². The lowest BCUT2D eigenvalue weighted by Gasteiger charge is -2.32. The van der Waals surface area contributed by atoms with Gasteiger partial charge in [0.1, 0.15) is 0 Å². The molecule has 0 nitrogen and oxygen atoms in total. The van der Waals surface area contributed by atoms with E-state index in [1.165, 1.54) is 27.2 Å². The Bertz CT molecular complexity index is 956. The van der Waals surface area contributed by atoms with Gasteiger partial charge in [-0.3, -0.25) is 0 Å². The summed E-state index contributed by atoms with van der Waals surface area (Å²) in [4.78, 5) is 1.30. The highest BCUT2D eigenvalue weighted by Gasteiger charge is 2.30. The number of thioether (sulfide) groups is 1. The van der Waals surface area contributed by atoms with Gasteiger partial charge < -0.3 is 0 Å². The molecule has 1 aliphatic heterocycles. The van der Waals surface area contributed by atoms with Crippen LogP contribution in [0.25, 0.3) is 10.5 Å². The van der Waals surface area contributed by atoms with Gasteiger partial charge in [-0.25, -0.2) is 0 Å². The SMILES string of the molecule is CC1(c2ccccc2)C=C(c2ccc(Br)cc2)C=C(c2ccccc2)S1. The third kappa shape index (κ3) is 3.58. The molecule has 0 aliphatic carbocycles. The van der Waals surface area contributed by atoms with Crippen LogP contribution in [-0.4, -0.2) is 0 Å². The summed E-state index contributed by atoms with van der Waals surface area (Å²) in [7, 11) is 0. The molecule has 128 valence electrons. The van der Waals surface area contributed by atoms with Gasteiger partial charge in [-0.15, -0.1) is 11.8 Å². The molecule has 0 bridgehead atoms. The molecule has 1 atom stereocenters. The third-order valence-electron chi connectivity index (χ3n) is 4.62. The Hall–Kier alpha value is -2.03. The lowest BCUT2D eigenvalue weighted by atomic mass is 9.93. The molecule has 1 unspecified atom stereocenters. The van der Waals surface area contributed by atoms with Crippen LogP contribution in [0.4, 0.5) is 0 Å². The fourth-order valence-electron chi connectivity index (χ4n) is 3.23. The molecule has 0 aromatic heterocycles. The Morgan fingerprint density at radius 3 is 2.00 bits per heavy atom. The molecule has 0 saturated carbocycles. The minimum atomic E-state index is -0.108. The van der Waals surface area contributed by atoms with E-state index in [1.54, 1.807) is 0 Å². The fraction of sp³-hybridized carbons (Fsp3) is 0.0833. The fourth-order valence-corrected chi connectivity index (χ4v) is 4.83. The zero-order valence-corrected chi connectivity index (χ0v) is 16.9. The van der Waals surface area contributed by atoms with Crippen LogP contribution in [0.3, 0.4) is 0 Å². The molecular formula is C24H19BrS. The van der Waals surface area contributed by atoms with Gasteiger partial charge in [0.05, 0.1) is 4.75 Å². The zero-order chi connectivity index (χ0) is 18.0. The topological polar surface area (TPSA) is 0 Å². The predicted octanol–water partition coefficient (Wildman–Crippen LogP) is 7.54. The zero-order valence-electron chi connectivity index (χ0n) is 14.5. The van der Waals surface area contributed by atoms with Crippen molar-refractivity contribution in [2.24, 2.45) is 0 Å². The van der Waals surface area contributed by atoms with E-state index in [0.29, 0.717) is 0 Å². The normalized spacial score (nSPS) is 19.6. The van der Waals surface area contributed by atoms with Crippen molar-refractivity contribution in [2.75, 3.05) is 0 Å². The summed E-state index contributed by atoms with van der Waals surface area (Å²) in [5.41, 5.74) is 5.09. The van der Waals surface area contributed by atoms with E-state index in [1.807, 2.05) is 11.8 Å². The van der Waals surface area contributed by atoms with Gasteiger partial charge in [0.15, 0.2) is 0 Å². The number of benzene rings is 3. The van der Waals surface area contributed by atoms with Gasteiger partial charge in [0.2, 0.25) is 0 Å². The lowest BCUT2D eigenvalue weighted by molar-refractivity contribution is 0.885. The second kappa shape index (κ2) is 7.30. The van der Waals surface area contributed by atoms with Crippen molar-refractivity contribution in [2.45, 2.75) is 11.7 Å². The van der Waals surface area contributed by atoms with E-state index in [0.717, 1.165) is 4.47 Å². The van der Waals surface area contributed by atoms with Gasteiger partial charge >= 0.3 is 0 Å². The first-order chi connectivity index (χ1) is 12.6. The van der Waals surface area contributed by atoms with Gasteiger partial charge in [0.25, 0.3) is 0 Å². The molecule has 0 amide bonds. The van der Waals surface area contributed by atoms with Crippen molar-refractivity contribution < 1.29 is 0 Å². The largest absolute Gasteiger partial charge is 0.110 e. The van der Waals surface area contributed by atoms with Gasteiger partial charge in [-0.1, -0.05) is 94.8 Å². The Kier molecular flexibility index (Phi) is 4.88. The summed E-state index contributed by atoms with van der Waals surface area (Å²) in [5, 5.41) is 0. The number of hydrogen-bond acceptors (Lipinski definition) is 1. The molecule has 3 aromatic carbocycles. The van der Waals surface area contributed by atoms with Crippen LogP contribution in [0, 0.1) is 0 Å². The summed E-state index contributed by atoms with van der Waals surface area (Å²) in [6, 6.07) is 30.0. The van der Waals surface area contributed by atoms with Gasteiger partial charge in [0, 0.05) is 9.38 Å². The molecule has 0 N–H and O–H groups in total. The maximum atomic E-state index is 3.54. The van der Waals surface area contributed by atoms with Crippen LogP contribution in [0.15, 0.2) is 102 Å². The Balaban J connectivity index is 1.85. The first-order valence-electron chi connectivity index (χ1n) is 8.64. The van der Waals surface area contributed by atoms with Crippen molar-refractivity contribution in [3.05, 3.63) is 118 Å². The minimum absolute atomic E-state index is 0.108. The van der Waals surface area contributed by atoms with E-state index in [4.69, 9.17) is 0 Å². The summed E-state index contributed by atoms with van der Waals surface area (Å²) >= 11 is 5.46. The third-order valence-corrected chi connectivity index (χ3v) is 6.50. The monoisotopic (exact) mass is 418 g/mol. The first-order valence-corrected chi connectivity index (χ1v) is 10.3. The maximum Gasteiger partial charge on any atom is 0.0616 e. The average Bonchev–Trinajstić information content (AvgIpc) is 2.69. The van der Waals surface area contributed by atoms with Crippen molar-refractivity contribution in [3.8, 4) is 0 Å². The number of rotatable bonds is 3. The van der Waals surface area contributed by atoms with E-state index in [9.17, 15) is 0 Å². The standard InChI is InChI=1S/C24H19BrS/c1-24(21-10-6-3-7-11-21)17-20(18-12-14-22(25)15-13-18)16-23(26-24)19-8-4-2-5-9-19/h2-17H,1H3. The molecule has 3 aromatic rings. The summed E-state index contributed by atoms with van der Waals surface area (Å²) in [5.74, 6) is 0. The van der Waals surface area contributed by atoms with E-state index in [2.05, 4.69) is 120 Å². The molecule has 4 rings (SSSR count). The predicted molar refractivity (Wildman–Crippen MR) is 118 cm³/mol. The number of allylic oxidation sites excluding steroid dienone is 2. The molecule has 0 spiro atoms. The molecule has 0 saturated heterocycles. The molecule has 1 aliphatic rings. The summed E-state index contributed by atoms with van der Waals surface area (Å²) in [6.07, 6.45) is 4.70. The highest BCUT2D eigenvalue weighted by molar-refractivity contribution is 9.10. The van der Waals surface area contributed by atoms with Crippen LogP contribution in [0.1, 0.15) is 23.6 Å². The van der Waals surface area contributed by atoms with E-state index >= 15 is 0 Å². The second-order valence-electron chi connectivity index (χ2n) is 6.56. The lowest BCUT2D eigenvalue weighted by Crippen LogP contribution is -2.17. The average molecular weight is 419 g/mol. The van der Waals surface area contributed by atoms with Crippen molar-refractivity contribution in [3.63, 3.8) is 0 Å². The second-order valence-corrected chi connectivity index (χ2v) is 8.96. The maximum absolute atomic E-state index is 3.54. The van der Waals surface area contributed by atoms with E-state index < -0.39 is 0 Å². The Labute approximate surface area is 167 Å². The summed E-state index contributed by atoms with van der Waals surface area (Å²) in [6.45, 7) is 2.31. The molecule has 26 heavy (non-hydrogen) atoms. The van der Waals surface area contributed by atoms with Gasteiger partial charge in [-0.2, -0.15) is 0 Å². The Morgan fingerprint density at radius 2 is 1.35 bits per heavy atom. The number of halogens is 1. The molecule has 0 radical (unpaired) electrons. The van der Waals surface area contributed by atoms with Crippen LogP contribution >= 0.6 is 27.7 Å². The van der Waals surface area contributed by atoms with Crippen molar-refractivity contribution in [1.82, 2.24) is 0 Å². The van der Waals surface area contributed by atoms with Crippen molar-refractivity contribution >= 4 is 38.2 Å². The van der Waals surface area contributed by atoms with E-state index in [-0.39, 0.29) is 4.75 Å². The van der Waals surface area contributed by atoms with Crippen molar-refractivity contribution in [1.29, 1.82) is 0 Å². The molecule has 1 heterocycles. The first kappa shape index (κ1) is 17.4. The highest BCUT2D eigenvalue weighted by atomic mass is 79.9. The van der Waals surface area contributed by atoms with Crippen LogP contribution in [-0.2, 0) is 4.75 Å². The molecule has 2 heteroatoms.